The van der Waals surface area contributed by atoms with Crippen molar-refractivity contribution in [2.45, 2.75) is 17.1 Å². The fourth-order valence-corrected chi connectivity index (χ4v) is 2.57. The molecule has 18 heavy (non-hydrogen) atoms. The lowest BCUT2D eigenvalue weighted by molar-refractivity contribution is 0.534. The number of aryl methyl sites for hydroxylation is 1. The van der Waals surface area contributed by atoms with Gasteiger partial charge in [-0.3, -0.25) is 0 Å². The number of halogens is 1. The second-order valence-electron chi connectivity index (χ2n) is 3.51. The molecule has 0 radical (unpaired) electrons. The van der Waals surface area contributed by atoms with Gasteiger partial charge in [0.1, 0.15) is 0 Å². The van der Waals surface area contributed by atoms with Gasteiger partial charge in [-0.2, -0.15) is 0 Å². The molecule has 0 amide bonds. The molecule has 0 unspecified atom stereocenters. The molecule has 8 heteroatoms. The fourth-order valence-electron chi connectivity index (χ4n) is 1.27. The molecule has 0 spiro atoms. The summed E-state index contributed by atoms with van der Waals surface area (Å²) in [6.45, 7) is 1.58. The van der Waals surface area contributed by atoms with Gasteiger partial charge in [0.15, 0.2) is 0 Å². The van der Waals surface area contributed by atoms with Gasteiger partial charge in [0.2, 0.25) is 5.89 Å². The summed E-state index contributed by atoms with van der Waals surface area (Å²) in [7, 11) is -3.69. The third-order valence-electron chi connectivity index (χ3n) is 2.14. The Morgan fingerprint density at radius 1 is 1.28 bits per heavy atom. The molecule has 0 aliphatic carbocycles. The van der Waals surface area contributed by atoms with Gasteiger partial charge in [-0.05, 0) is 17.7 Å². The standard InChI is InChI=1S/C10H10BrN3O3S/c1-7-12-13-10(17-7)14-18(15,16)9-4-2-8(6-11)3-5-9/h2-5H,6H2,1H3,(H,13,14). The van der Waals surface area contributed by atoms with E-state index in [1.807, 2.05) is 0 Å². The number of nitrogens with one attached hydrogen (secondary N) is 1. The van der Waals surface area contributed by atoms with Crippen LogP contribution in [0.1, 0.15) is 11.5 Å². The molecule has 96 valence electrons. The van der Waals surface area contributed by atoms with Crippen LogP contribution in [-0.2, 0) is 15.4 Å². The van der Waals surface area contributed by atoms with E-state index in [0.717, 1.165) is 5.56 Å². The van der Waals surface area contributed by atoms with Crippen LogP contribution in [0, 0.1) is 6.92 Å². The molecule has 0 fully saturated rings. The third-order valence-corrected chi connectivity index (χ3v) is 4.12. The minimum Gasteiger partial charge on any atom is -0.408 e. The Labute approximate surface area is 113 Å². The molecule has 1 aromatic carbocycles. The van der Waals surface area contributed by atoms with Crippen molar-refractivity contribution in [1.82, 2.24) is 10.2 Å². The maximum absolute atomic E-state index is 12.0. The molecule has 0 bridgehead atoms. The van der Waals surface area contributed by atoms with E-state index in [9.17, 15) is 8.42 Å². The predicted octanol–water partition coefficient (Wildman–Crippen LogP) is 2.07. The molecule has 0 saturated heterocycles. The van der Waals surface area contributed by atoms with Gasteiger partial charge in [-0.15, -0.1) is 5.10 Å². The second kappa shape index (κ2) is 5.07. The van der Waals surface area contributed by atoms with Crippen LogP contribution in [-0.4, -0.2) is 18.6 Å². The van der Waals surface area contributed by atoms with Crippen LogP contribution < -0.4 is 4.72 Å². The topological polar surface area (TPSA) is 85.1 Å². The molecule has 1 heterocycles. The molecule has 1 N–H and O–H groups in total. The quantitative estimate of drug-likeness (QED) is 0.867. The van der Waals surface area contributed by atoms with E-state index in [-0.39, 0.29) is 10.9 Å². The molecule has 0 atom stereocenters. The van der Waals surface area contributed by atoms with Crippen molar-refractivity contribution in [2.24, 2.45) is 0 Å². The number of hydrogen-bond acceptors (Lipinski definition) is 5. The van der Waals surface area contributed by atoms with E-state index in [2.05, 4.69) is 30.8 Å². The van der Waals surface area contributed by atoms with E-state index < -0.39 is 10.0 Å². The van der Waals surface area contributed by atoms with Gasteiger partial charge < -0.3 is 4.42 Å². The Morgan fingerprint density at radius 3 is 2.44 bits per heavy atom. The van der Waals surface area contributed by atoms with Crippen LogP contribution >= 0.6 is 15.9 Å². The van der Waals surface area contributed by atoms with Crippen LogP contribution in [0.2, 0.25) is 0 Å². The molecule has 1 aromatic heterocycles. The number of sulfonamides is 1. The van der Waals surface area contributed by atoms with E-state index in [0.29, 0.717) is 11.2 Å². The fraction of sp³-hybridized carbons (Fsp3) is 0.200. The molecule has 6 nitrogen and oxygen atoms in total. The normalized spacial score (nSPS) is 11.4. The van der Waals surface area contributed by atoms with Crippen molar-refractivity contribution in [2.75, 3.05) is 4.72 Å². The molecule has 0 aliphatic heterocycles. The first kappa shape index (κ1) is 13.0. The molecule has 2 rings (SSSR count). The zero-order valence-electron chi connectivity index (χ0n) is 9.42. The third kappa shape index (κ3) is 2.88. The summed E-state index contributed by atoms with van der Waals surface area (Å²) in [6.07, 6.45) is 0. The van der Waals surface area contributed by atoms with Gasteiger partial charge in [0, 0.05) is 12.3 Å². The van der Waals surface area contributed by atoms with Crippen LogP contribution in [0.3, 0.4) is 0 Å². The number of rotatable bonds is 4. The highest BCUT2D eigenvalue weighted by molar-refractivity contribution is 9.08. The highest BCUT2D eigenvalue weighted by Crippen LogP contribution is 2.16. The maximum Gasteiger partial charge on any atom is 0.329 e. The van der Waals surface area contributed by atoms with Crippen molar-refractivity contribution < 1.29 is 12.8 Å². The molecule has 2 aromatic rings. The smallest absolute Gasteiger partial charge is 0.329 e. The zero-order chi connectivity index (χ0) is 13.2. The van der Waals surface area contributed by atoms with Gasteiger partial charge in [0.25, 0.3) is 10.0 Å². The highest BCUT2D eigenvalue weighted by atomic mass is 79.9. The zero-order valence-corrected chi connectivity index (χ0v) is 11.8. The Morgan fingerprint density at radius 2 is 1.94 bits per heavy atom. The minimum absolute atomic E-state index is 0.142. The average molecular weight is 332 g/mol. The van der Waals surface area contributed by atoms with Crippen molar-refractivity contribution in [3.8, 4) is 0 Å². The molecular weight excluding hydrogens is 322 g/mol. The van der Waals surface area contributed by atoms with Gasteiger partial charge in [-0.25, -0.2) is 13.1 Å². The number of aromatic nitrogens is 2. The lowest BCUT2D eigenvalue weighted by Gasteiger charge is -2.04. The Hall–Kier alpha value is -1.41. The molecule has 0 aliphatic rings. The monoisotopic (exact) mass is 331 g/mol. The van der Waals surface area contributed by atoms with Gasteiger partial charge >= 0.3 is 6.01 Å². The summed E-state index contributed by atoms with van der Waals surface area (Å²) in [5.41, 5.74) is 0.989. The molecule has 0 saturated carbocycles. The number of alkyl halides is 1. The summed E-state index contributed by atoms with van der Waals surface area (Å²) in [5, 5.41) is 7.79. The number of benzene rings is 1. The molecular formula is C10H10BrN3O3S. The minimum atomic E-state index is -3.69. The lowest BCUT2D eigenvalue weighted by atomic mass is 10.2. The second-order valence-corrected chi connectivity index (χ2v) is 5.75. The van der Waals surface area contributed by atoms with Crippen molar-refractivity contribution in [3.63, 3.8) is 0 Å². The maximum atomic E-state index is 12.0. The van der Waals surface area contributed by atoms with Crippen LogP contribution in [0.5, 0.6) is 0 Å². The summed E-state index contributed by atoms with van der Waals surface area (Å²) in [4.78, 5) is 0.142. The summed E-state index contributed by atoms with van der Waals surface area (Å²) in [6, 6.07) is 6.34. The van der Waals surface area contributed by atoms with Crippen molar-refractivity contribution in [3.05, 3.63) is 35.7 Å². The SMILES string of the molecule is Cc1nnc(NS(=O)(=O)c2ccc(CBr)cc2)o1. The largest absolute Gasteiger partial charge is 0.408 e. The number of nitrogens with zero attached hydrogens (tertiary/aromatic N) is 2. The van der Waals surface area contributed by atoms with E-state index in [1.54, 1.807) is 19.1 Å². The van der Waals surface area contributed by atoms with E-state index in [1.165, 1.54) is 12.1 Å². The van der Waals surface area contributed by atoms with Gasteiger partial charge in [0.05, 0.1) is 4.90 Å². The Balaban J connectivity index is 2.24. The van der Waals surface area contributed by atoms with E-state index >= 15 is 0 Å². The van der Waals surface area contributed by atoms with Crippen LogP contribution in [0.25, 0.3) is 0 Å². The number of anilines is 1. The van der Waals surface area contributed by atoms with Crippen LogP contribution in [0.4, 0.5) is 6.01 Å². The first-order chi connectivity index (χ1) is 8.51. The number of hydrogen-bond donors (Lipinski definition) is 1. The Bertz CT molecular complexity index is 637. The summed E-state index contributed by atoms with van der Waals surface area (Å²) >= 11 is 3.29. The van der Waals surface area contributed by atoms with Gasteiger partial charge in [-0.1, -0.05) is 33.2 Å². The predicted molar refractivity (Wildman–Crippen MR) is 68.9 cm³/mol. The summed E-state index contributed by atoms with van der Waals surface area (Å²) in [5.74, 6) is 0.294. The van der Waals surface area contributed by atoms with Crippen molar-refractivity contribution >= 4 is 32.0 Å². The summed E-state index contributed by atoms with van der Waals surface area (Å²) < 4.78 is 31.1. The highest BCUT2D eigenvalue weighted by Gasteiger charge is 2.17. The van der Waals surface area contributed by atoms with E-state index in [4.69, 9.17) is 4.42 Å². The van der Waals surface area contributed by atoms with Crippen LogP contribution in [0.15, 0.2) is 33.6 Å². The van der Waals surface area contributed by atoms with Crippen molar-refractivity contribution in [1.29, 1.82) is 0 Å². The Kier molecular flexibility index (Phi) is 3.67. The first-order valence-electron chi connectivity index (χ1n) is 4.99. The lowest BCUT2D eigenvalue weighted by Crippen LogP contribution is -2.13. The first-order valence-corrected chi connectivity index (χ1v) is 7.59. The average Bonchev–Trinajstić information content (AvgIpc) is 2.74.